The monoisotopic (exact) mass is 305 g/mol. The Kier molecular flexibility index (Phi) is 3.10. The maximum atomic E-state index is 13.0. The molecule has 2 heterocycles. The van der Waals surface area contributed by atoms with Gasteiger partial charge in [0.15, 0.2) is 5.65 Å². The number of carboxylic acid groups (broad SMARTS) is 1. The molecule has 1 aromatic carbocycles. The molecule has 0 aliphatic rings. The van der Waals surface area contributed by atoms with Gasteiger partial charge in [0.25, 0.3) is 0 Å². The molecule has 0 saturated heterocycles. The lowest BCUT2D eigenvalue weighted by Crippen LogP contribution is -2.01. The Morgan fingerprint density at radius 2 is 2.00 bits per heavy atom. The first kappa shape index (κ1) is 13.5. The van der Waals surface area contributed by atoms with Crippen LogP contribution < -0.4 is 0 Å². The van der Waals surface area contributed by atoms with Crippen LogP contribution >= 0.6 is 11.6 Å². The van der Waals surface area contributed by atoms with Gasteiger partial charge >= 0.3 is 5.97 Å². The smallest absolute Gasteiger partial charge is 0.338 e. The van der Waals surface area contributed by atoms with Crippen molar-refractivity contribution in [2.24, 2.45) is 0 Å². The number of nitrogens with zero attached hydrogens (tertiary/aromatic N) is 3. The van der Waals surface area contributed by atoms with Crippen LogP contribution in [0.5, 0.6) is 0 Å². The summed E-state index contributed by atoms with van der Waals surface area (Å²) in [5.41, 5.74) is 1.51. The molecule has 0 fully saturated rings. The number of hydrogen-bond donors (Lipinski definition) is 1. The van der Waals surface area contributed by atoms with E-state index < -0.39 is 5.97 Å². The molecule has 0 saturated carbocycles. The number of rotatable bonds is 2. The molecule has 21 heavy (non-hydrogen) atoms. The standard InChI is InChI=1S/C14H9ClFN3O2/c1-7-11-12(15)10(14(20)21)6-17-13(11)19(18-7)9-4-2-8(16)3-5-9/h2-6H,1H3,(H,20,21). The second kappa shape index (κ2) is 4.82. The minimum absolute atomic E-state index is 0.0778. The SMILES string of the molecule is Cc1nn(-c2ccc(F)cc2)c2ncc(C(=O)O)c(Cl)c12. The van der Waals surface area contributed by atoms with Gasteiger partial charge in [-0.05, 0) is 31.2 Å². The normalized spacial score (nSPS) is 11.0. The van der Waals surface area contributed by atoms with Crippen molar-refractivity contribution in [3.8, 4) is 5.69 Å². The summed E-state index contributed by atoms with van der Waals surface area (Å²) in [6.07, 6.45) is 1.19. The van der Waals surface area contributed by atoms with Crippen LogP contribution in [0.25, 0.3) is 16.7 Å². The Hall–Kier alpha value is -2.47. The van der Waals surface area contributed by atoms with Crippen molar-refractivity contribution < 1.29 is 14.3 Å². The van der Waals surface area contributed by atoms with Crippen LogP contribution in [0.3, 0.4) is 0 Å². The summed E-state index contributed by atoms with van der Waals surface area (Å²) in [6.45, 7) is 1.71. The fourth-order valence-corrected chi connectivity index (χ4v) is 2.47. The lowest BCUT2D eigenvalue weighted by atomic mass is 10.2. The zero-order valence-electron chi connectivity index (χ0n) is 10.8. The van der Waals surface area contributed by atoms with Gasteiger partial charge in [-0.15, -0.1) is 0 Å². The number of aromatic carboxylic acids is 1. The minimum atomic E-state index is -1.15. The topological polar surface area (TPSA) is 68.0 Å². The first-order valence-corrected chi connectivity index (χ1v) is 6.40. The average molecular weight is 306 g/mol. The summed E-state index contributed by atoms with van der Waals surface area (Å²) in [5, 5.41) is 14.0. The Bertz CT molecular complexity index is 859. The third-order valence-electron chi connectivity index (χ3n) is 3.11. The van der Waals surface area contributed by atoms with Gasteiger partial charge in [-0.3, -0.25) is 0 Å². The number of aryl methyl sites for hydroxylation is 1. The molecule has 0 unspecified atom stereocenters. The molecule has 2 aromatic heterocycles. The second-order valence-corrected chi connectivity index (χ2v) is 4.84. The van der Waals surface area contributed by atoms with E-state index in [-0.39, 0.29) is 16.4 Å². The first-order valence-electron chi connectivity index (χ1n) is 6.02. The molecule has 106 valence electrons. The lowest BCUT2D eigenvalue weighted by Gasteiger charge is -2.04. The molecule has 0 amide bonds. The molecule has 1 N–H and O–H groups in total. The van der Waals surface area contributed by atoms with Gasteiger partial charge in [0.1, 0.15) is 5.82 Å². The van der Waals surface area contributed by atoms with E-state index in [9.17, 15) is 9.18 Å². The van der Waals surface area contributed by atoms with E-state index in [1.165, 1.54) is 23.0 Å². The summed E-state index contributed by atoms with van der Waals surface area (Å²) in [4.78, 5) is 15.2. The molecule has 0 atom stereocenters. The maximum Gasteiger partial charge on any atom is 0.338 e. The Balaban J connectivity index is 2.30. The molecule has 0 radical (unpaired) electrons. The van der Waals surface area contributed by atoms with Gasteiger partial charge in [0.2, 0.25) is 0 Å². The highest BCUT2D eigenvalue weighted by molar-refractivity contribution is 6.38. The first-order chi connectivity index (χ1) is 9.99. The van der Waals surface area contributed by atoms with Crippen LogP contribution in [0.4, 0.5) is 4.39 Å². The van der Waals surface area contributed by atoms with Crippen molar-refractivity contribution >= 4 is 28.6 Å². The van der Waals surface area contributed by atoms with Crippen molar-refractivity contribution in [3.05, 3.63) is 52.6 Å². The van der Waals surface area contributed by atoms with Crippen LogP contribution in [0.2, 0.25) is 5.02 Å². The van der Waals surface area contributed by atoms with Gasteiger partial charge in [-0.1, -0.05) is 11.6 Å². The fraction of sp³-hybridized carbons (Fsp3) is 0.0714. The molecular weight excluding hydrogens is 297 g/mol. The Labute approximate surface area is 123 Å². The van der Waals surface area contributed by atoms with E-state index >= 15 is 0 Å². The highest BCUT2D eigenvalue weighted by Crippen LogP contribution is 2.29. The van der Waals surface area contributed by atoms with Gasteiger partial charge in [-0.25, -0.2) is 18.9 Å². The number of benzene rings is 1. The highest BCUT2D eigenvalue weighted by Gasteiger charge is 2.19. The zero-order chi connectivity index (χ0) is 15.1. The molecule has 3 aromatic rings. The Morgan fingerprint density at radius 3 is 2.62 bits per heavy atom. The van der Waals surface area contributed by atoms with E-state index in [4.69, 9.17) is 16.7 Å². The van der Waals surface area contributed by atoms with Crippen LogP contribution in [0.15, 0.2) is 30.5 Å². The van der Waals surface area contributed by atoms with Crippen LogP contribution in [0.1, 0.15) is 16.1 Å². The zero-order valence-corrected chi connectivity index (χ0v) is 11.6. The summed E-state index contributed by atoms with van der Waals surface area (Å²) < 4.78 is 14.5. The highest BCUT2D eigenvalue weighted by atomic mass is 35.5. The predicted molar refractivity (Wildman–Crippen MR) is 75.5 cm³/mol. The van der Waals surface area contributed by atoms with E-state index in [1.807, 2.05) is 0 Å². The number of carboxylic acids is 1. The van der Waals surface area contributed by atoms with Crippen molar-refractivity contribution in [1.29, 1.82) is 0 Å². The van der Waals surface area contributed by atoms with E-state index in [0.29, 0.717) is 22.4 Å². The van der Waals surface area contributed by atoms with Crippen LogP contribution in [-0.2, 0) is 0 Å². The molecule has 0 aliphatic carbocycles. The van der Waals surface area contributed by atoms with E-state index in [1.54, 1.807) is 19.1 Å². The van der Waals surface area contributed by atoms with Gasteiger partial charge in [0.05, 0.1) is 27.4 Å². The molecule has 0 aliphatic heterocycles. The molecule has 7 heteroatoms. The largest absolute Gasteiger partial charge is 0.478 e. The van der Waals surface area contributed by atoms with Crippen molar-refractivity contribution in [3.63, 3.8) is 0 Å². The quantitative estimate of drug-likeness (QED) is 0.789. The van der Waals surface area contributed by atoms with Crippen LogP contribution in [0, 0.1) is 12.7 Å². The maximum absolute atomic E-state index is 13.0. The third-order valence-corrected chi connectivity index (χ3v) is 3.50. The van der Waals surface area contributed by atoms with Crippen LogP contribution in [-0.4, -0.2) is 25.8 Å². The molecule has 0 spiro atoms. The van der Waals surface area contributed by atoms with E-state index in [0.717, 1.165) is 0 Å². The van der Waals surface area contributed by atoms with Crippen molar-refractivity contribution in [1.82, 2.24) is 14.8 Å². The minimum Gasteiger partial charge on any atom is -0.478 e. The second-order valence-electron chi connectivity index (χ2n) is 4.46. The van der Waals surface area contributed by atoms with Gasteiger partial charge < -0.3 is 5.11 Å². The summed E-state index contributed by atoms with van der Waals surface area (Å²) in [5.74, 6) is -1.51. The predicted octanol–water partition coefficient (Wildman–Crippen LogP) is 3.22. The third kappa shape index (κ3) is 2.13. The molecule has 3 rings (SSSR count). The van der Waals surface area contributed by atoms with Gasteiger partial charge in [-0.2, -0.15) is 5.10 Å². The number of hydrogen-bond acceptors (Lipinski definition) is 3. The molecular formula is C14H9ClFN3O2. The number of carbonyl (C=O) groups is 1. The number of fused-ring (bicyclic) bond motifs is 1. The summed E-state index contributed by atoms with van der Waals surface area (Å²) in [7, 11) is 0. The summed E-state index contributed by atoms with van der Waals surface area (Å²) in [6, 6.07) is 5.74. The fourth-order valence-electron chi connectivity index (χ4n) is 2.12. The number of aromatic nitrogens is 3. The molecule has 0 bridgehead atoms. The Morgan fingerprint density at radius 1 is 1.33 bits per heavy atom. The van der Waals surface area contributed by atoms with Crippen molar-refractivity contribution in [2.45, 2.75) is 6.92 Å². The van der Waals surface area contributed by atoms with E-state index in [2.05, 4.69) is 10.1 Å². The lowest BCUT2D eigenvalue weighted by molar-refractivity contribution is 0.0697. The summed E-state index contributed by atoms with van der Waals surface area (Å²) >= 11 is 6.13. The number of pyridine rings is 1. The number of halogens is 2. The van der Waals surface area contributed by atoms with Gasteiger partial charge in [0, 0.05) is 6.20 Å². The van der Waals surface area contributed by atoms with Crippen molar-refractivity contribution in [2.75, 3.05) is 0 Å². The molecule has 5 nitrogen and oxygen atoms in total. The average Bonchev–Trinajstić information content (AvgIpc) is 2.78.